The molecule has 2 aromatic carbocycles. The molecular formula is C21H20FN3O. The summed E-state index contributed by atoms with van der Waals surface area (Å²) in [5, 5.41) is 7.96. The molecular weight excluding hydrogens is 329 g/mol. The molecule has 4 rings (SSSR count). The summed E-state index contributed by atoms with van der Waals surface area (Å²) < 4.78 is 15.1. The lowest BCUT2D eigenvalue weighted by atomic mass is 9.87. The molecule has 5 heteroatoms. The zero-order valence-electron chi connectivity index (χ0n) is 14.8. The van der Waals surface area contributed by atoms with Crippen molar-refractivity contribution < 1.29 is 9.18 Å². The highest BCUT2D eigenvalue weighted by Gasteiger charge is 2.31. The summed E-state index contributed by atoms with van der Waals surface area (Å²) >= 11 is 0. The van der Waals surface area contributed by atoms with E-state index in [0.29, 0.717) is 17.8 Å². The van der Waals surface area contributed by atoms with Crippen LogP contribution in [0.15, 0.2) is 48.5 Å². The highest BCUT2D eigenvalue weighted by Crippen LogP contribution is 2.33. The van der Waals surface area contributed by atoms with Gasteiger partial charge in [-0.15, -0.1) is 5.10 Å². The molecule has 1 aromatic heterocycles. The number of rotatable bonds is 3. The first-order chi connectivity index (χ1) is 12.5. The van der Waals surface area contributed by atoms with Gasteiger partial charge in [0.25, 0.3) is 0 Å². The fourth-order valence-corrected chi connectivity index (χ4v) is 3.50. The highest BCUT2D eigenvalue weighted by molar-refractivity contribution is 6.03. The number of nitrogens with zero attached hydrogens (tertiary/aromatic N) is 2. The molecule has 0 fully saturated rings. The molecule has 1 aliphatic rings. The van der Waals surface area contributed by atoms with Crippen molar-refractivity contribution in [2.24, 2.45) is 5.92 Å². The van der Waals surface area contributed by atoms with Crippen molar-refractivity contribution in [3.05, 3.63) is 71.2 Å². The Balaban J connectivity index is 1.83. The molecule has 132 valence electrons. The predicted octanol–water partition coefficient (Wildman–Crippen LogP) is 4.83. The Labute approximate surface area is 151 Å². The SMILES string of the molecule is Cc1cccc(Nc2nn(-c3ccc(F)cc3)c3c2C(=O)C[C@@H](C)C3)c1. The number of benzene rings is 2. The second-order valence-electron chi connectivity index (χ2n) is 6.99. The van der Waals surface area contributed by atoms with E-state index in [9.17, 15) is 9.18 Å². The van der Waals surface area contributed by atoms with E-state index >= 15 is 0 Å². The van der Waals surface area contributed by atoms with Crippen LogP contribution in [0.2, 0.25) is 0 Å². The Morgan fingerprint density at radius 2 is 1.92 bits per heavy atom. The lowest BCUT2D eigenvalue weighted by Gasteiger charge is -2.19. The van der Waals surface area contributed by atoms with Crippen molar-refractivity contribution in [2.75, 3.05) is 5.32 Å². The Bertz CT molecular complexity index is 975. The lowest BCUT2D eigenvalue weighted by molar-refractivity contribution is 0.0953. The molecule has 0 bridgehead atoms. The predicted molar refractivity (Wildman–Crippen MR) is 99.8 cm³/mol. The third kappa shape index (κ3) is 3.01. The van der Waals surface area contributed by atoms with E-state index < -0.39 is 0 Å². The normalized spacial score (nSPS) is 16.4. The molecule has 1 aliphatic carbocycles. The number of nitrogens with one attached hydrogen (secondary N) is 1. The molecule has 0 saturated carbocycles. The first-order valence-corrected chi connectivity index (χ1v) is 8.76. The fourth-order valence-electron chi connectivity index (χ4n) is 3.50. The van der Waals surface area contributed by atoms with Crippen molar-refractivity contribution in [1.82, 2.24) is 9.78 Å². The van der Waals surface area contributed by atoms with Crippen molar-refractivity contribution >= 4 is 17.3 Å². The molecule has 3 aromatic rings. The van der Waals surface area contributed by atoms with E-state index in [1.54, 1.807) is 16.8 Å². The Hall–Kier alpha value is -2.95. The van der Waals surface area contributed by atoms with E-state index in [2.05, 4.69) is 17.3 Å². The van der Waals surface area contributed by atoms with Gasteiger partial charge < -0.3 is 5.32 Å². The van der Waals surface area contributed by atoms with Crippen LogP contribution < -0.4 is 5.32 Å². The zero-order chi connectivity index (χ0) is 18.3. The van der Waals surface area contributed by atoms with Crippen LogP contribution in [-0.4, -0.2) is 15.6 Å². The molecule has 0 radical (unpaired) electrons. The first kappa shape index (κ1) is 16.5. The summed E-state index contributed by atoms with van der Waals surface area (Å²) in [5.41, 5.74) is 4.30. The van der Waals surface area contributed by atoms with Gasteiger partial charge in [0.2, 0.25) is 0 Å². The summed E-state index contributed by atoms with van der Waals surface area (Å²) in [4.78, 5) is 12.7. The van der Waals surface area contributed by atoms with Crippen molar-refractivity contribution in [3.63, 3.8) is 0 Å². The van der Waals surface area contributed by atoms with Crippen LogP contribution in [-0.2, 0) is 6.42 Å². The molecule has 0 amide bonds. The maximum absolute atomic E-state index is 13.3. The molecule has 1 N–H and O–H groups in total. The lowest BCUT2D eigenvalue weighted by Crippen LogP contribution is -2.19. The van der Waals surface area contributed by atoms with E-state index in [4.69, 9.17) is 0 Å². The minimum Gasteiger partial charge on any atom is -0.338 e. The Morgan fingerprint density at radius 3 is 2.65 bits per heavy atom. The summed E-state index contributed by atoms with van der Waals surface area (Å²) in [6.45, 7) is 4.08. The van der Waals surface area contributed by atoms with Gasteiger partial charge in [0, 0.05) is 12.1 Å². The first-order valence-electron chi connectivity index (χ1n) is 8.76. The molecule has 0 aliphatic heterocycles. The van der Waals surface area contributed by atoms with Gasteiger partial charge in [-0.2, -0.15) is 0 Å². The summed E-state index contributed by atoms with van der Waals surface area (Å²) in [6.07, 6.45) is 1.28. The largest absolute Gasteiger partial charge is 0.338 e. The van der Waals surface area contributed by atoms with Gasteiger partial charge in [0.15, 0.2) is 11.6 Å². The van der Waals surface area contributed by atoms with Crippen LogP contribution in [0, 0.1) is 18.7 Å². The zero-order valence-corrected chi connectivity index (χ0v) is 14.8. The number of aryl methyl sites for hydroxylation is 1. The van der Waals surface area contributed by atoms with E-state index in [0.717, 1.165) is 29.1 Å². The maximum Gasteiger partial charge on any atom is 0.168 e. The van der Waals surface area contributed by atoms with Gasteiger partial charge in [-0.25, -0.2) is 9.07 Å². The minimum atomic E-state index is -0.294. The van der Waals surface area contributed by atoms with Gasteiger partial charge in [-0.3, -0.25) is 4.79 Å². The maximum atomic E-state index is 13.3. The molecule has 1 atom stereocenters. The van der Waals surface area contributed by atoms with Crippen LogP contribution in [0.3, 0.4) is 0 Å². The van der Waals surface area contributed by atoms with Gasteiger partial charge in [-0.1, -0.05) is 19.1 Å². The fraction of sp³-hybridized carbons (Fsp3) is 0.238. The van der Waals surface area contributed by atoms with Crippen LogP contribution in [0.1, 0.15) is 35.0 Å². The van der Waals surface area contributed by atoms with E-state index in [-0.39, 0.29) is 17.5 Å². The number of Topliss-reactive ketones (excluding diaryl/α,β-unsaturated/α-hetero) is 1. The van der Waals surface area contributed by atoms with Gasteiger partial charge in [0.1, 0.15) is 5.82 Å². The topological polar surface area (TPSA) is 46.9 Å². The van der Waals surface area contributed by atoms with Crippen molar-refractivity contribution in [2.45, 2.75) is 26.7 Å². The summed E-state index contributed by atoms with van der Waals surface area (Å²) in [7, 11) is 0. The molecule has 26 heavy (non-hydrogen) atoms. The number of hydrogen-bond donors (Lipinski definition) is 1. The van der Waals surface area contributed by atoms with Crippen LogP contribution in [0.4, 0.5) is 15.9 Å². The molecule has 0 saturated heterocycles. The third-order valence-corrected chi connectivity index (χ3v) is 4.69. The standard InChI is InChI=1S/C21H20FN3O/c1-13-4-3-5-16(10-13)23-21-20-18(11-14(2)12-19(20)26)25(24-21)17-8-6-15(22)7-9-17/h3-10,14H,11-12H2,1-2H3,(H,23,24)/t14-/m0/s1. The molecule has 1 heterocycles. The number of hydrogen-bond acceptors (Lipinski definition) is 3. The summed E-state index contributed by atoms with van der Waals surface area (Å²) in [5.74, 6) is 0.629. The number of anilines is 2. The number of ketones is 1. The minimum absolute atomic E-state index is 0.0993. The second kappa shape index (κ2) is 6.41. The third-order valence-electron chi connectivity index (χ3n) is 4.69. The van der Waals surface area contributed by atoms with Crippen molar-refractivity contribution in [3.8, 4) is 5.69 Å². The smallest absolute Gasteiger partial charge is 0.168 e. The van der Waals surface area contributed by atoms with Crippen LogP contribution in [0.25, 0.3) is 5.69 Å². The highest BCUT2D eigenvalue weighted by atomic mass is 19.1. The van der Waals surface area contributed by atoms with Gasteiger partial charge >= 0.3 is 0 Å². The summed E-state index contributed by atoms with van der Waals surface area (Å²) in [6, 6.07) is 14.1. The number of carbonyl (C=O) groups excluding carboxylic acids is 1. The monoisotopic (exact) mass is 349 g/mol. The Kier molecular flexibility index (Phi) is 4.07. The quantitative estimate of drug-likeness (QED) is 0.737. The average Bonchev–Trinajstić information content (AvgIpc) is 2.94. The van der Waals surface area contributed by atoms with E-state index in [1.807, 2.05) is 31.2 Å². The number of fused-ring (bicyclic) bond motifs is 1. The average molecular weight is 349 g/mol. The molecule has 0 spiro atoms. The van der Waals surface area contributed by atoms with Gasteiger partial charge in [0.05, 0.1) is 16.9 Å². The Morgan fingerprint density at radius 1 is 1.15 bits per heavy atom. The van der Waals surface area contributed by atoms with E-state index in [1.165, 1.54) is 12.1 Å². The van der Waals surface area contributed by atoms with Gasteiger partial charge in [-0.05, 0) is 61.2 Å². The van der Waals surface area contributed by atoms with Crippen molar-refractivity contribution in [1.29, 1.82) is 0 Å². The number of carbonyl (C=O) groups is 1. The molecule has 4 nitrogen and oxygen atoms in total. The molecule has 0 unspecified atom stereocenters. The van der Waals surface area contributed by atoms with Crippen LogP contribution in [0.5, 0.6) is 0 Å². The van der Waals surface area contributed by atoms with Crippen LogP contribution >= 0.6 is 0 Å². The number of aromatic nitrogens is 2. The second-order valence-corrected chi connectivity index (χ2v) is 6.99. The number of halogens is 1.